The highest BCUT2D eigenvalue weighted by Crippen LogP contribution is 2.13. The van der Waals surface area contributed by atoms with Crippen LogP contribution in [0.2, 0.25) is 0 Å². The number of ether oxygens (including phenoxy) is 1. The molecular weight excluding hydrogens is 356 g/mol. The Balaban J connectivity index is 1.82. The molecule has 144 valence electrons. The molecule has 1 amide bonds. The van der Waals surface area contributed by atoms with E-state index in [4.69, 9.17) is 10.00 Å². The largest absolute Gasteiger partial charge is 0.453 e. The first-order valence-corrected chi connectivity index (χ1v) is 8.91. The SMILES string of the molecule is Cc1ccc(C(=O)CCC(=O)O[C@H](C)C(=O)Nc2ccc(C#N)cc2)cc1C. The zero-order valence-corrected chi connectivity index (χ0v) is 16.1. The van der Waals surface area contributed by atoms with E-state index in [1.807, 2.05) is 26.0 Å². The van der Waals surface area contributed by atoms with Crippen molar-refractivity contribution in [2.24, 2.45) is 0 Å². The van der Waals surface area contributed by atoms with Crippen LogP contribution in [0.5, 0.6) is 0 Å². The van der Waals surface area contributed by atoms with Crippen molar-refractivity contribution in [3.8, 4) is 6.07 Å². The zero-order chi connectivity index (χ0) is 20.7. The standard InChI is InChI=1S/C22H22N2O4/c1-14-4-7-18(12-15(14)2)20(25)10-11-21(26)28-16(3)22(27)24-19-8-5-17(13-23)6-9-19/h4-9,12,16H,10-11H2,1-3H3,(H,24,27)/t16-/m1/s1. The number of anilines is 1. The maximum absolute atomic E-state index is 12.2. The molecule has 2 rings (SSSR count). The Hall–Kier alpha value is -3.46. The molecule has 2 aromatic carbocycles. The van der Waals surface area contributed by atoms with Crippen LogP contribution in [-0.2, 0) is 14.3 Å². The van der Waals surface area contributed by atoms with Crippen LogP contribution < -0.4 is 5.32 Å². The van der Waals surface area contributed by atoms with E-state index >= 15 is 0 Å². The molecule has 1 N–H and O–H groups in total. The third kappa shape index (κ3) is 5.78. The van der Waals surface area contributed by atoms with Gasteiger partial charge in [-0.05, 0) is 62.2 Å². The summed E-state index contributed by atoms with van der Waals surface area (Å²) in [5.74, 6) is -1.24. The van der Waals surface area contributed by atoms with Gasteiger partial charge in [0.05, 0.1) is 18.1 Å². The molecule has 0 unspecified atom stereocenters. The predicted molar refractivity (Wildman–Crippen MR) is 105 cm³/mol. The van der Waals surface area contributed by atoms with Crippen molar-refractivity contribution >= 4 is 23.3 Å². The summed E-state index contributed by atoms with van der Waals surface area (Å²) in [6.45, 7) is 5.35. The molecule has 0 heterocycles. The molecule has 28 heavy (non-hydrogen) atoms. The van der Waals surface area contributed by atoms with Gasteiger partial charge >= 0.3 is 5.97 Å². The number of nitriles is 1. The van der Waals surface area contributed by atoms with E-state index in [-0.39, 0.29) is 18.6 Å². The third-order valence-corrected chi connectivity index (χ3v) is 4.34. The molecule has 0 aliphatic carbocycles. The second kappa shape index (κ2) is 9.47. The van der Waals surface area contributed by atoms with Crippen LogP contribution in [0, 0.1) is 25.2 Å². The number of ketones is 1. The van der Waals surface area contributed by atoms with Crippen molar-refractivity contribution in [1.29, 1.82) is 5.26 Å². The lowest BCUT2D eigenvalue weighted by molar-refractivity contribution is -0.153. The van der Waals surface area contributed by atoms with Crippen LogP contribution in [-0.4, -0.2) is 23.8 Å². The van der Waals surface area contributed by atoms with Crippen LogP contribution >= 0.6 is 0 Å². The Morgan fingerprint density at radius 2 is 1.71 bits per heavy atom. The molecular formula is C22H22N2O4. The minimum atomic E-state index is -1.00. The molecule has 0 aliphatic rings. The lowest BCUT2D eigenvalue weighted by Gasteiger charge is -2.13. The van der Waals surface area contributed by atoms with Gasteiger partial charge < -0.3 is 10.1 Å². The summed E-state index contributed by atoms with van der Waals surface area (Å²) in [7, 11) is 0. The number of aryl methyl sites for hydroxylation is 2. The molecule has 0 bridgehead atoms. The lowest BCUT2D eigenvalue weighted by Crippen LogP contribution is -2.30. The average Bonchev–Trinajstić information content (AvgIpc) is 2.68. The highest BCUT2D eigenvalue weighted by Gasteiger charge is 2.19. The number of benzene rings is 2. The van der Waals surface area contributed by atoms with Gasteiger partial charge in [0, 0.05) is 17.7 Å². The smallest absolute Gasteiger partial charge is 0.307 e. The first-order valence-electron chi connectivity index (χ1n) is 8.91. The summed E-state index contributed by atoms with van der Waals surface area (Å²) in [5.41, 5.74) is 3.64. The van der Waals surface area contributed by atoms with Crippen molar-refractivity contribution in [2.45, 2.75) is 39.7 Å². The number of carbonyl (C=O) groups excluding carboxylic acids is 3. The van der Waals surface area contributed by atoms with Crippen LogP contribution in [0.1, 0.15) is 46.8 Å². The van der Waals surface area contributed by atoms with E-state index in [0.29, 0.717) is 16.8 Å². The van der Waals surface area contributed by atoms with Crippen molar-refractivity contribution in [1.82, 2.24) is 0 Å². The number of carbonyl (C=O) groups is 3. The van der Waals surface area contributed by atoms with Crippen LogP contribution in [0.4, 0.5) is 5.69 Å². The monoisotopic (exact) mass is 378 g/mol. The number of esters is 1. The summed E-state index contributed by atoms with van der Waals surface area (Å²) >= 11 is 0. The second-order valence-corrected chi connectivity index (χ2v) is 6.53. The van der Waals surface area contributed by atoms with E-state index in [1.165, 1.54) is 6.92 Å². The van der Waals surface area contributed by atoms with Gasteiger partial charge in [-0.25, -0.2) is 0 Å². The summed E-state index contributed by atoms with van der Waals surface area (Å²) < 4.78 is 5.10. The van der Waals surface area contributed by atoms with E-state index in [9.17, 15) is 14.4 Å². The molecule has 0 radical (unpaired) electrons. The number of hydrogen-bond donors (Lipinski definition) is 1. The van der Waals surface area contributed by atoms with Crippen molar-refractivity contribution < 1.29 is 19.1 Å². The first-order chi connectivity index (χ1) is 13.3. The van der Waals surface area contributed by atoms with Gasteiger partial charge in [0.1, 0.15) is 0 Å². The van der Waals surface area contributed by atoms with Gasteiger partial charge in [0.2, 0.25) is 0 Å². The topological polar surface area (TPSA) is 96.3 Å². The molecule has 1 atom stereocenters. The van der Waals surface area contributed by atoms with E-state index in [0.717, 1.165) is 11.1 Å². The number of rotatable bonds is 7. The minimum Gasteiger partial charge on any atom is -0.453 e. The van der Waals surface area contributed by atoms with Gasteiger partial charge in [-0.1, -0.05) is 12.1 Å². The number of nitrogens with one attached hydrogen (secondary N) is 1. The van der Waals surface area contributed by atoms with E-state index in [2.05, 4.69) is 5.32 Å². The van der Waals surface area contributed by atoms with Crippen molar-refractivity contribution in [3.05, 3.63) is 64.7 Å². The fourth-order valence-electron chi connectivity index (χ4n) is 2.46. The minimum absolute atomic E-state index is 0.0191. The fraction of sp³-hybridized carbons (Fsp3) is 0.273. The molecule has 0 saturated carbocycles. The number of hydrogen-bond acceptors (Lipinski definition) is 5. The van der Waals surface area contributed by atoms with Crippen LogP contribution in [0.3, 0.4) is 0 Å². The summed E-state index contributed by atoms with van der Waals surface area (Å²) in [4.78, 5) is 36.3. The summed E-state index contributed by atoms with van der Waals surface area (Å²) in [6, 6.07) is 13.7. The molecule has 6 heteroatoms. The molecule has 6 nitrogen and oxygen atoms in total. The average molecular weight is 378 g/mol. The molecule has 0 saturated heterocycles. The normalized spacial score (nSPS) is 11.2. The maximum atomic E-state index is 12.2. The molecule has 0 aliphatic heterocycles. The van der Waals surface area contributed by atoms with Gasteiger partial charge in [0.15, 0.2) is 11.9 Å². The predicted octanol–water partition coefficient (Wildman–Crippen LogP) is 3.71. The Kier molecular flexibility index (Phi) is 7.05. The molecule has 0 aromatic heterocycles. The quantitative estimate of drug-likeness (QED) is 0.585. The highest BCUT2D eigenvalue weighted by atomic mass is 16.5. The first kappa shape index (κ1) is 20.8. The van der Waals surface area contributed by atoms with Crippen molar-refractivity contribution in [3.63, 3.8) is 0 Å². The van der Waals surface area contributed by atoms with Crippen molar-refractivity contribution in [2.75, 3.05) is 5.32 Å². The Labute approximate surface area is 164 Å². The Bertz CT molecular complexity index is 927. The van der Waals surface area contributed by atoms with Crippen LogP contribution in [0.15, 0.2) is 42.5 Å². The number of nitrogens with zero attached hydrogens (tertiary/aromatic N) is 1. The van der Waals surface area contributed by atoms with Gasteiger partial charge in [-0.2, -0.15) is 5.26 Å². The lowest BCUT2D eigenvalue weighted by atomic mass is 10.0. The molecule has 2 aromatic rings. The van der Waals surface area contributed by atoms with Gasteiger partial charge in [-0.15, -0.1) is 0 Å². The third-order valence-electron chi connectivity index (χ3n) is 4.34. The Morgan fingerprint density at radius 1 is 1.04 bits per heavy atom. The van der Waals surface area contributed by atoms with Gasteiger partial charge in [-0.3, -0.25) is 14.4 Å². The Morgan fingerprint density at radius 3 is 2.32 bits per heavy atom. The maximum Gasteiger partial charge on any atom is 0.307 e. The van der Waals surface area contributed by atoms with E-state index < -0.39 is 18.0 Å². The van der Waals surface area contributed by atoms with Gasteiger partial charge in [0.25, 0.3) is 5.91 Å². The summed E-state index contributed by atoms with van der Waals surface area (Å²) in [5, 5.41) is 11.4. The number of amides is 1. The fourth-order valence-corrected chi connectivity index (χ4v) is 2.46. The zero-order valence-electron chi connectivity index (χ0n) is 16.1. The summed E-state index contributed by atoms with van der Waals surface area (Å²) in [6.07, 6.45) is -1.08. The molecule has 0 spiro atoms. The number of Topliss-reactive ketones (excluding diaryl/α,β-unsaturated/α-hetero) is 1. The van der Waals surface area contributed by atoms with E-state index in [1.54, 1.807) is 36.4 Å². The van der Waals surface area contributed by atoms with Crippen LogP contribution in [0.25, 0.3) is 0 Å². The molecule has 0 fully saturated rings. The second-order valence-electron chi connectivity index (χ2n) is 6.53. The highest BCUT2D eigenvalue weighted by molar-refractivity contribution is 5.98.